The Morgan fingerprint density at radius 3 is 2.76 bits per heavy atom. The number of amides is 1. The maximum absolute atomic E-state index is 12.9. The Labute approximate surface area is 112 Å². The van der Waals surface area contributed by atoms with Crippen LogP contribution in [0.2, 0.25) is 5.02 Å². The van der Waals surface area contributed by atoms with Crippen molar-refractivity contribution >= 4 is 33.4 Å². The molecule has 1 N–H and O–H groups in total. The highest BCUT2D eigenvalue weighted by Gasteiger charge is 2.11. The van der Waals surface area contributed by atoms with Crippen molar-refractivity contribution in [3.8, 4) is 5.75 Å². The number of carbonyl (C=O) groups excluding carboxylic acids is 1. The second-order valence-corrected chi connectivity index (χ2v) is 4.97. The van der Waals surface area contributed by atoms with Gasteiger partial charge in [0.15, 0.2) is 12.4 Å². The van der Waals surface area contributed by atoms with E-state index in [1.807, 2.05) is 13.8 Å². The summed E-state index contributed by atoms with van der Waals surface area (Å²) in [4.78, 5) is 11.3. The lowest BCUT2D eigenvalue weighted by Crippen LogP contribution is -2.34. The Kier molecular flexibility index (Phi) is 5.21. The minimum Gasteiger partial charge on any atom is -0.481 e. The number of rotatable bonds is 4. The maximum Gasteiger partial charge on any atom is 0.258 e. The highest BCUT2D eigenvalue weighted by molar-refractivity contribution is 9.10. The molecule has 0 atom stereocenters. The zero-order valence-electron chi connectivity index (χ0n) is 9.39. The van der Waals surface area contributed by atoms with Gasteiger partial charge in [0.1, 0.15) is 5.82 Å². The number of hydrogen-bond donors (Lipinski definition) is 1. The summed E-state index contributed by atoms with van der Waals surface area (Å²) in [6, 6.07) is 2.39. The molecule has 1 amide bonds. The van der Waals surface area contributed by atoms with Crippen molar-refractivity contribution in [1.82, 2.24) is 5.32 Å². The van der Waals surface area contributed by atoms with Crippen molar-refractivity contribution in [2.24, 2.45) is 0 Å². The fraction of sp³-hybridized carbons (Fsp3) is 0.364. The van der Waals surface area contributed by atoms with E-state index in [0.29, 0.717) is 4.47 Å². The Morgan fingerprint density at radius 1 is 1.59 bits per heavy atom. The van der Waals surface area contributed by atoms with Gasteiger partial charge in [0.2, 0.25) is 0 Å². The maximum atomic E-state index is 12.9. The van der Waals surface area contributed by atoms with Gasteiger partial charge in [-0.25, -0.2) is 4.39 Å². The van der Waals surface area contributed by atoms with Gasteiger partial charge in [0.05, 0.1) is 9.50 Å². The van der Waals surface area contributed by atoms with Crippen LogP contribution in [0.1, 0.15) is 13.8 Å². The third-order valence-corrected chi connectivity index (χ3v) is 2.63. The Hall–Kier alpha value is -0.810. The fourth-order valence-electron chi connectivity index (χ4n) is 1.17. The molecule has 0 bridgehead atoms. The monoisotopic (exact) mass is 323 g/mol. The van der Waals surface area contributed by atoms with Gasteiger partial charge in [0, 0.05) is 6.04 Å². The summed E-state index contributed by atoms with van der Waals surface area (Å²) in [6.07, 6.45) is 0. The highest BCUT2D eigenvalue weighted by atomic mass is 79.9. The second-order valence-electron chi connectivity index (χ2n) is 3.71. The van der Waals surface area contributed by atoms with E-state index in [1.54, 1.807) is 0 Å². The molecular formula is C11H12BrClFNO2. The van der Waals surface area contributed by atoms with Gasteiger partial charge < -0.3 is 10.1 Å². The van der Waals surface area contributed by atoms with E-state index in [1.165, 1.54) is 6.07 Å². The third-order valence-electron chi connectivity index (χ3n) is 1.76. The molecular weight excluding hydrogens is 312 g/mol. The van der Waals surface area contributed by atoms with E-state index in [0.717, 1.165) is 6.07 Å². The van der Waals surface area contributed by atoms with Gasteiger partial charge in [-0.1, -0.05) is 11.6 Å². The number of benzene rings is 1. The molecule has 17 heavy (non-hydrogen) atoms. The molecule has 0 aliphatic carbocycles. The minimum absolute atomic E-state index is 0.0400. The molecule has 0 radical (unpaired) electrons. The number of carbonyl (C=O) groups is 1. The van der Waals surface area contributed by atoms with E-state index in [2.05, 4.69) is 21.2 Å². The van der Waals surface area contributed by atoms with Crippen LogP contribution >= 0.6 is 27.5 Å². The molecule has 94 valence electrons. The number of hydrogen-bond acceptors (Lipinski definition) is 2. The lowest BCUT2D eigenvalue weighted by molar-refractivity contribution is -0.123. The predicted molar refractivity (Wildman–Crippen MR) is 67.9 cm³/mol. The molecule has 0 aromatic heterocycles. The zero-order chi connectivity index (χ0) is 13.0. The molecule has 3 nitrogen and oxygen atoms in total. The average molecular weight is 325 g/mol. The first kappa shape index (κ1) is 14.3. The SMILES string of the molecule is CC(C)NC(=O)COc1c(Cl)cc(F)cc1Br. The molecule has 0 spiro atoms. The lowest BCUT2D eigenvalue weighted by Gasteiger charge is -2.11. The van der Waals surface area contributed by atoms with Gasteiger partial charge >= 0.3 is 0 Å². The van der Waals surface area contributed by atoms with Crippen LogP contribution in [0.5, 0.6) is 5.75 Å². The summed E-state index contributed by atoms with van der Waals surface area (Å²) in [6.45, 7) is 3.53. The number of ether oxygens (including phenoxy) is 1. The first-order valence-corrected chi connectivity index (χ1v) is 6.14. The molecule has 0 heterocycles. The second kappa shape index (κ2) is 6.21. The van der Waals surface area contributed by atoms with Crippen LogP contribution in [-0.4, -0.2) is 18.6 Å². The average Bonchev–Trinajstić information content (AvgIpc) is 2.14. The van der Waals surface area contributed by atoms with Gasteiger partial charge in [-0.05, 0) is 41.9 Å². The molecule has 6 heteroatoms. The summed E-state index contributed by atoms with van der Waals surface area (Å²) >= 11 is 8.92. The van der Waals surface area contributed by atoms with Gasteiger partial charge in [-0.15, -0.1) is 0 Å². The Morgan fingerprint density at radius 2 is 2.24 bits per heavy atom. The summed E-state index contributed by atoms with van der Waals surface area (Å²) in [5.74, 6) is -0.472. The molecule has 0 saturated carbocycles. The zero-order valence-corrected chi connectivity index (χ0v) is 11.7. The van der Waals surface area contributed by atoms with Crippen LogP contribution in [0.15, 0.2) is 16.6 Å². The molecule has 1 rings (SSSR count). The molecule has 1 aromatic rings. The van der Waals surface area contributed by atoms with Gasteiger partial charge in [-0.2, -0.15) is 0 Å². The molecule has 0 aliphatic rings. The largest absolute Gasteiger partial charge is 0.481 e. The van der Waals surface area contributed by atoms with Crippen molar-refractivity contribution < 1.29 is 13.9 Å². The fourth-order valence-corrected chi connectivity index (χ4v) is 2.09. The van der Waals surface area contributed by atoms with E-state index in [9.17, 15) is 9.18 Å². The first-order chi connectivity index (χ1) is 7.90. The molecule has 0 saturated heterocycles. The van der Waals surface area contributed by atoms with Gasteiger partial charge in [0.25, 0.3) is 5.91 Å². The molecule has 0 aliphatic heterocycles. The van der Waals surface area contributed by atoms with E-state index in [-0.39, 0.29) is 29.3 Å². The molecule has 1 aromatic carbocycles. The van der Waals surface area contributed by atoms with Crippen molar-refractivity contribution in [3.05, 3.63) is 27.4 Å². The van der Waals surface area contributed by atoms with Crippen molar-refractivity contribution in [3.63, 3.8) is 0 Å². The quantitative estimate of drug-likeness (QED) is 0.924. The number of halogens is 3. The predicted octanol–water partition coefficient (Wildman–Crippen LogP) is 3.15. The number of nitrogens with one attached hydrogen (secondary N) is 1. The summed E-state index contributed by atoms with van der Waals surface area (Å²) < 4.78 is 18.5. The van der Waals surface area contributed by atoms with E-state index >= 15 is 0 Å². The van der Waals surface area contributed by atoms with Crippen LogP contribution < -0.4 is 10.1 Å². The minimum atomic E-state index is -0.471. The van der Waals surface area contributed by atoms with Crippen molar-refractivity contribution in [2.75, 3.05) is 6.61 Å². The lowest BCUT2D eigenvalue weighted by atomic mass is 10.3. The first-order valence-electron chi connectivity index (χ1n) is 4.97. The topological polar surface area (TPSA) is 38.3 Å². The Bertz CT molecular complexity index is 403. The summed E-state index contributed by atoms with van der Waals surface area (Å²) in [7, 11) is 0. The van der Waals surface area contributed by atoms with Crippen LogP contribution in [0.3, 0.4) is 0 Å². The highest BCUT2D eigenvalue weighted by Crippen LogP contribution is 2.33. The molecule has 0 fully saturated rings. The van der Waals surface area contributed by atoms with Crippen molar-refractivity contribution in [2.45, 2.75) is 19.9 Å². The standard InChI is InChI=1S/C11H12BrClFNO2/c1-6(2)15-10(16)5-17-11-8(12)3-7(14)4-9(11)13/h3-4,6H,5H2,1-2H3,(H,15,16). The van der Waals surface area contributed by atoms with E-state index < -0.39 is 5.82 Å². The molecule has 0 unspecified atom stereocenters. The third kappa shape index (κ3) is 4.52. The van der Waals surface area contributed by atoms with Gasteiger partial charge in [-0.3, -0.25) is 4.79 Å². The van der Waals surface area contributed by atoms with Crippen LogP contribution in [0, 0.1) is 5.82 Å². The van der Waals surface area contributed by atoms with Crippen LogP contribution in [0.4, 0.5) is 4.39 Å². The normalized spacial score (nSPS) is 10.5. The van der Waals surface area contributed by atoms with Crippen molar-refractivity contribution in [1.29, 1.82) is 0 Å². The summed E-state index contributed by atoms with van der Waals surface area (Å²) in [5.41, 5.74) is 0. The van der Waals surface area contributed by atoms with Crippen LogP contribution in [0.25, 0.3) is 0 Å². The van der Waals surface area contributed by atoms with E-state index in [4.69, 9.17) is 16.3 Å². The summed E-state index contributed by atoms with van der Waals surface area (Å²) in [5, 5.41) is 2.79. The Balaban J connectivity index is 2.67. The smallest absolute Gasteiger partial charge is 0.258 e. The van der Waals surface area contributed by atoms with Crippen LogP contribution in [-0.2, 0) is 4.79 Å².